The second kappa shape index (κ2) is 8.26. The first-order valence-corrected chi connectivity index (χ1v) is 13.5. The summed E-state index contributed by atoms with van der Waals surface area (Å²) in [7, 11) is 0. The van der Waals surface area contributed by atoms with E-state index in [1.165, 1.54) is 0 Å². The van der Waals surface area contributed by atoms with Crippen molar-refractivity contribution in [3.05, 3.63) is 35.9 Å². The molecule has 212 valence electrons. The summed E-state index contributed by atoms with van der Waals surface area (Å²) in [5.74, 6) is -7.07. The van der Waals surface area contributed by atoms with Gasteiger partial charge in [-0.2, -0.15) is 0 Å². The molecule has 4 aliphatic rings. The molecule has 2 amide bonds. The quantitative estimate of drug-likeness (QED) is 0.488. The Labute approximate surface area is 227 Å². The van der Waals surface area contributed by atoms with Crippen LogP contribution in [0.5, 0.6) is 0 Å². The topological polar surface area (TPSA) is 95.1 Å². The smallest absolute Gasteiger partial charge is 0.269 e. The lowest BCUT2D eigenvalue weighted by Crippen LogP contribution is -2.90. The first-order valence-electron chi connectivity index (χ1n) is 13.5. The molecule has 1 aromatic rings. The van der Waals surface area contributed by atoms with Crippen LogP contribution in [0.1, 0.15) is 99.9 Å². The van der Waals surface area contributed by atoms with Gasteiger partial charge >= 0.3 is 0 Å². The monoisotopic (exact) mass is 530 g/mol. The Balaban J connectivity index is 1.89. The molecule has 5 rings (SSSR count). The molecule has 0 aliphatic carbocycles. The van der Waals surface area contributed by atoms with Gasteiger partial charge < -0.3 is 18.9 Å². The molecular formula is C30H46N2O6. The maximum atomic E-state index is 14.2. The molecule has 0 aromatic heterocycles. The number of nitrogens with one attached hydrogen (secondary N) is 2. The fourth-order valence-corrected chi connectivity index (χ4v) is 5.82. The molecule has 0 saturated carbocycles. The number of carbonyl (C=O) groups is 2. The maximum Gasteiger partial charge on any atom is 0.269 e. The van der Waals surface area contributed by atoms with Crippen LogP contribution in [0, 0.1) is 27.6 Å². The van der Waals surface area contributed by atoms with Gasteiger partial charge in [0.1, 0.15) is 5.92 Å². The number of hydrazine groups is 1. The molecule has 0 unspecified atom stereocenters. The first kappa shape index (κ1) is 29.0. The van der Waals surface area contributed by atoms with Crippen molar-refractivity contribution in [1.82, 2.24) is 10.9 Å². The van der Waals surface area contributed by atoms with E-state index in [0.29, 0.717) is 12.0 Å². The van der Waals surface area contributed by atoms with Crippen molar-refractivity contribution in [2.24, 2.45) is 27.6 Å². The number of carbonyl (C=O) groups excluding carboxylic acids is 2. The van der Waals surface area contributed by atoms with Crippen LogP contribution in [0.3, 0.4) is 0 Å². The van der Waals surface area contributed by atoms with Crippen LogP contribution in [-0.4, -0.2) is 35.0 Å². The minimum absolute atomic E-state index is 0.349. The average molecular weight is 531 g/mol. The number of ether oxygens (including phenoxy) is 4. The average Bonchev–Trinajstić information content (AvgIpc) is 2.74. The predicted molar refractivity (Wildman–Crippen MR) is 143 cm³/mol. The lowest BCUT2D eigenvalue weighted by molar-refractivity contribution is -0.670. The van der Waals surface area contributed by atoms with E-state index in [-0.39, 0.29) is 0 Å². The van der Waals surface area contributed by atoms with Gasteiger partial charge in [0.05, 0.1) is 6.42 Å². The summed E-state index contributed by atoms with van der Waals surface area (Å²) in [6.45, 7) is 24.5. The van der Waals surface area contributed by atoms with Gasteiger partial charge in [-0.15, -0.1) is 0 Å². The van der Waals surface area contributed by atoms with Gasteiger partial charge in [0.25, 0.3) is 11.8 Å². The molecule has 38 heavy (non-hydrogen) atoms. The van der Waals surface area contributed by atoms with Gasteiger partial charge in [-0.05, 0) is 12.1 Å². The van der Waals surface area contributed by atoms with Crippen molar-refractivity contribution in [2.45, 2.75) is 113 Å². The Hall–Kier alpha value is -2.00. The highest BCUT2D eigenvalue weighted by Gasteiger charge is 2.86. The molecule has 4 heterocycles. The number of hydrogen-bond acceptors (Lipinski definition) is 6. The van der Waals surface area contributed by atoms with Crippen LogP contribution >= 0.6 is 0 Å². The molecule has 1 aromatic carbocycles. The number of rotatable bonds is 2. The van der Waals surface area contributed by atoms with Gasteiger partial charge in [0.15, 0.2) is 23.1 Å². The molecule has 4 bridgehead atoms. The molecule has 8 nitrogen and oxygen atoms in total. The molecule has 8 heteroatoms. The van der Waals surface area contributed by atoms with Crippen LogP contribution in [-0.2, 0) is 23.7 Å². The normalized spacial score (nSPS) is 35.2. The van der Waals surface area contributed by atoms with Crippen molar-refractivity contribution in [3.8, 4) is 0 Å². The Morgan fingerprint density at radius 3 is 1.39 bits per heavy atom. The number of hydrogen-bond donors (Lipinski definition) is 2. The van der Waals surface area contributed by atoms with Crippen LogP contribution < -0.4 is 10.9 Å². The minimum atomic E-state index is -1.43. The van der Waals surface area contributed by atoms with Crippen LogP contribution in [0.4, 0.5) is 0 Å². The van der Waals surface area contributed by atoms with E-state index in [4.69, 9.17) is 18.9 Å². The van der Waals surface area contributed by atoms with Gasteiger partial charge in [-0.1, -0.05) is 101 Å². The van der Waals surface area contributed by atoms with Crippen molar-refractivity contribution >= 4 is 11.8 Å². The fourth-order valence-electron chi connectivity index (χ4n) is 5.82. The zero-order valence-electron chi connectivity index (χ0n) is 25.1. The minimum Gasteiger partial charge on any atom is -0.316 e. The third-order valence-electron chi connectivity index (χ3n) is 8.47. The van der Waals surface area contributed by atoms with Gasteiger partial charge in [-0.25, -0.2) is 0 Å². The van der Waals surface area contributed by atoms with Crippen molar-refractivity contribution in [3.63, 3.8) is 0 Å². The third kappa shape index (κ3) is 3.94. The molecule has 4 saturated heterocycles. The summed E-state index contributed by atoms with van der Waals surface area (Å²) in [5.41, 5.74) is 3.31. The molecule has 0 spiro atoms. The summed E-state index contributed by atoms with van der Waals surface area (Å²) in [5, 5.41) is 0. The second-order valence-electron chi connectivity index (χ2n) is 15.2. The molecule has 0 radical (unpaired) electrons. The summed E-state index contributed by atoms with van der Waals surface area (Å²) >= 11 is 0. The van der Waals surface area contributed by atoms with E-state index in [9.17, 15) is 9.59 Å². The highest BCUT2D eigenvalue weighted by Crippen LogP contribution is 2.73. The molecule has 0 atom stereocenters. The van der Waals surface area contributed by atoms with Gasteiger partial charge in [-0.3, -0.25) is 20.4 Å². The second-order valence-corrected chi connectivity index (χ2v) is 15.2. The predicted octanol–water partition coefficient (Wildman–Crippen LogP) is 5.53. The summed E-state index contributed by atoms with van der Waals surface area (Å²) in [6.07, 6.45) is 0.349. The standard InChI is InChI=1S/C30H46N2O6/c1-23(2,3)27-18-28(24(4,5)6)37-29(35-27,25(7,8)9)20(30(36-27,38-28)26(10,11)12)22(34)32-31-21(33)19-16-14-13-15-17-19/h13-17,20H,18H2,1-12H3,(H,31,33)(H,32,34). The molecule has 4 aliphatic heterocycles. The fraction of sp³-hybridized carbons (Fsp3) is 0.733. The van der Waals surface area contributed by atoms with Crippen LogP contribution in [0.25, 0.3) is 0 Å². The summed E-state index contributed by atoms with van der Waals surface area (Å²) in [4.78, 5) is 27.0. The van der Waals surface area contributed by atoms with Crippen LogP contribution in [0.15, 0.2) is 30.3 Å². The lowest BCUT2D eigenvalue weighted by Gasteiger charge is -2.78. The zero-order chi connectivity index (χ0) is 28.8. The first-order chi connectivity index (χ1) is 17.1. The highest BCUT2D eigenvalue weighted by molar-refractivity contribution is 5.95. The van der Waals surface area contributed by atoms with E-state index in [1.807, 2.05) is 47.6 Å². The SMILES string of the molecule is CC(C)(C)C12CC3(C(C)(C)C)OC(C(C)(C)C)(O1)C(C(=O)NNC(=O)c1ccccc1)C(C(C)(C)C)(O2)O3. The van der Waals surface area contributed by atoms with E-state index < -0.39 is 62.5 Å². The van der Waals surface area contributed by atoms with Gasteiger partial charge in [0.2, 0.25) is 0 Å². The van der Waals surface area contributed by atoms with E-state index in [1.54, 1.807) is 24.3 Å². The molecule has 4 fully saturated rings. The van der Waals surface area contributed by atoms with Gasteiger partial charge in [0, 0.05) is 27.2 Å². The Bertz CT molecular complexity index is 1030. The zero-order valence-corrected chi connectivity index (χ0v) is 25.1. The van der Waals surface area contributed by atoms with Crippen LogP contribution in [0.2, 0.25) is 0 Å². The van der Waals surface area contributed by atoms with Crippen molar-refractivity contribution in [1.29, 1.82) is 0 Å². The maximum absolute atomic E-state index is 14.2. The Morgan fingerprint density at radius 2 is 1.05 bits per heavy atom. The van der Waals surface area contributed by atoms with E-state index in [2.05, 4.69) is 52.4 Å². The summed E-state index contributed by atoms with van der Waals surface area (Å²) < 4.78 is 28.0. The third-order valence-corrected chi connectivity index (χ3v) is 8.47. The number of amides is 2. The highest BCUT2D eigenvalue weighted by atomic mass is 16.9. The largest absolute Gasteiger partial charge is 0.316 e. The molecular weight excluding hydrogens is 484 g/mol. The Morgan fingerprint density at radius 1 is 0.658 bits per heavy atom. The van der Waals surface area contributed by atoms with E-state index >= 15 is 0 Å². The number of benzene rings is 1. The lowest BCUT2D eigenvalue weighted by atomic mass is 9.59. The van der Waals surface area contributed by atoms with Crippen molar-refractivity contribution < 1.29 is 28.5 Å². The Kier molecular flexibility index (Phi) is 6.30. The molecule has 2 N–H and O–H groups in total. The van der Waals surface area contributed by atoms with E-state index in [0.717, 1.165) is 0 Å². The van der Waals surface area contributed by atoms with Crippen molar-refractivity contribution in [2.75, 3.05) is 0 Å². The summed E-state index contributed by atoms with van der Waals surface area (Å²) in [6, 6.07) is 8.70.